The van der Waals surface area contributed by atoms with Crippen molar-refractivity contribution in [3.63, 3.8) is 0 Å². The van der Waals surface area contributed by atoms with E-state index in [1.165, 1.54) is 16.0 Å². The number of nitrogens with zero attached hydrogens (tertiary/aromatic N) is 8. The van der Waals surface area contributed by atoms with Gasteiger partial charge in [-0.15, -0.1) is 5.10 Å². The van der Waals surface area contributed by atoms with Crippen LogP contribution in [-0.2, 0) is 35.4 Å². The van der Waals surface area contributed by atoms with Crippen molar-refractivity contribution in [1.82, 2.24) is 40.1 Å². The molecule has 20 heteroatoms. The Balaban J connectivity index is 0.725. The third-order valence-corrected chi connectivity index (χ3v) is 17.1. The Hall–Kier alpha value is -5.71. The van der Waals surface area contributed by atoms with Gasteiger partial charge in [0.2, 0.25) is 0 Å². The first-order valence-electron chi connectivity index (χ1n) is 25.4. The first-order chi connectivity index (χ1) is 35.0. The molecule has 6 heterocycles. The zero-order chi connectivity index (χ0) is 50.9. The molecule has 7 N–H and O–H groups in total. The molecule has 2 aromatic carbocycles. The van der Waals surface area contributed by atoms with Crippen LogP contribution in [0.2, 0.25) is 0 Å². The monoisotopic (exact) mass is 1020 g/mol. The van der Waals surface area contributed by atoms with Gasteiger partial charge in [0, 0.05) is 48.6 Å². The average Bonchev–Trinajstić information content (AvgIpc) is 4.09. The number of aromatic nitrogens is 7. The summed E-state index contributed by atoms with van der Waals surface area (Å²) in [6, 6.07) is 17.3. The van der Waals surface area contributed by atoms with Gasteiger partial charge in [0.25, 0.3) is 5.91 Å². The lowest BCUT2D eigenvalue weighted by atomic mass is 9.39. The standard InChI is InChI=1S/C53H64N10O9S/c1-31-36(34-13-14-41(57-42(34)48(69)70)61-18-15-32-8-6-10-35(37(32)22-61)46(68)58-49-56-38-11-4-5-12-40(38)73-49)20-55-63(31)30-52-25-50(2)24-51(3,26-52)28-53(27-50,29-52)71-19-17-54-16-7-9-33-21-62(60-59-33)47-45(67)44(66)43(65)39(23-64)72-47/h4-6,8,10-14,20-21,39,43-45,47,54,64-67H,7,9,15-19,22-30H2,1-3H3,(H,69,70)(H,56,58,68)/t39-,43-,44+,45-,47-,50?,51?,52?,53?/m1/s1. The molecule has 19 nitrogen and oxygen atoms in total. The third kappa shape index (κ3) is 9.56. The van der Waals surface area contributed by atoms with Crippen LogP contribution in [0.15, 0.2) is 67.0 Å². The van der Waals surface area contributed by atoms with Crippen LogP contribution >= 0.6 is 11.3 Å². The van der Waals surface area contributed by atoms with Crippen LogP contribution in [0.3, 0.4) is 0 Å². The number of ether oxygens (including phenoxy) is 2. The normalized spacial score (nSPS) is 29.5. The summed E-state index contributed by atoms with van der Waals surface area (Å²) in [6.45, 7) is 10.1. The molecule has 73 heavy (non-hydrogen) atoms. The molecule has 5 fully saturated rings. The van der Waals surface area contributed by atoms with Crippen LogP contribution in [0.1, 0.15) is 108 Å². The van der Waals surface area contributed by atoms with E-state index in [2.05, 4.69) is 44.5 Å². The number of thiazole rings is 1. The number of benzene rings is 2. The maximum Gasteiger partial charge on any atom is 0.355 e. The lowest BCUT2D eigenvalue weighted by molar-refractivity contribution is -0.254. The van der Waals surface area contributed by atoms with E-state index in [9.17, 15) is 35.1 Å². The minimum absolute atomic E-state index is 0.0387. The topological polar surface area (TPSA) is 255 Å². The van der Waals surface area contributed by atoms with Gasteiger partial charge in [-0.1, -0.05) is 54.7 Å². The molecule has 6 aliphatic rings. The maximum atomic E-state index is 13.7. The molecule has 1 saturated heterocycles. The number of hydrogen-bond donors (Lipinski definition) is 7. The Morgan fingerprint density at radius 3 is 2.51 bits per heavy atom. The van der Waals surface area contributed by atoms with E-state index in [4.69, 9.17) is 19.6 Å². The van der Waals surface area contributed by atoms with Crippen molar-refractivity contribution in [1.29, 1.82) is 0 Å². The van der Waals surface area contributed by atoms with Crippen molar-refractivity contribution in [2.24, 2.45) is 16.2 Å². The Morgan fingerprint density at radius 2 is 1.73 bits per heavy atom. The smallest absolute Gasteiger partial charge is 0.355 e. The summed E-state index contributed by atoms with van der Waals surface area (Å²) in [5.74, 6) is -0.822. The summed E-state index contributed by atoms with van der Waals surface area (Å²) in [5, 5.41) is 71.3. The van der Waals surface area contributed by atoms with Crippen molar-refractivity contribution in [3.8, 4) is 11.1 Å². The molecule has 0 spiro atoms. The molecule has 12 rings (SSSR count). The Bertz CT molecular complexity index is 2990. The van der Waals surface area contributed by atoms with Crippen molar-refractivity contribution in [2.75, 3.05) is 43.1 Å². The van der Waals surface area contributed by atoms with Crippen LogP contribution < -0.4 is 15.5 Å². The van der Waals surface area contributed by atoms with Crippen LogP contribution in [-0.4, -0.2) is 135 Å². The molecule has 4 bridgehead atoms. The summed E-state index contributed by atoms with van der Waals surface area (Å²) in [4.78, 5) is 38.2. The Kier molecular flexibility index (Phi) is 13.0. The molecule has 1 amide bonds. The Labute approximate surface area is 426 Å². The lowest BCUT2D eigenvalue weighted by Gasteiger charge is -2.69. The van der Waals surface area contributed by atoms with E-state index < -0.39 is 43.2 Å². The summed E-state index contributed by atoms with van der Waals surface area (Å²) < 4.78 is 17.0. The number of aliphatic hydroxyl groups excluding tert-OH is 4. The number of aromatic carboxylic acids is 1. The fourth-order valence-electron chi connectivity index (χ4n) is 14.1. The highest BCUT2D eigenvalue weighted by Crippen LogP contribution is 2.72. The van der Waals surface area contributed by atoms with E-state index in [-0.39, 0.29) is 33.4 Å². The Morgan fingerprint density at radius 1 is 0.918 bits per heavy atom. The van der Waals surface area contributed by atoms with Gasteiger partial charge in [-0.2, -0.15) is 5.10 Å². The number of hydrogen-bond acceptors (Lipinski definition) is 16. The summed E-state index contributed by atoms with van der Waals surface area (Å²) >= 11 is 1.43. The molecular formula is C53H64N10O9S. The summed E-state index contributed by atoms with van der Waals surface area (Å²) in [7, 11) is 0. The van der Waals surface area contributed by atoms with Gasteiger partial charge >= 0.3 is 5.97 Å². The van der Waals surface area contributed by atoms with Gasteiger partial charge in [-0.25, -0.2) is 19.4 Å². The minimum Gasteiger partial charge on any atom is -0.476 e. The number of rotatable bonds is 17. The van der Waals surface area contributed by atoms with Gasteiger partial charge in [0.15, 0.2) is 17.1 Å². The largest absolute Gasteiger partial charge is 0.476 e. The number of fused-ring (bicyclic) bond motifs is 2. The number of carboxylic acids is 1. The summed E-state index contributed by atoms with van der Waals surface area (Å²) in [6.07, 6.45) is 5.32. The number of carbonyl (C=O) groups is 2. The number of amides is 1. The van der Waals surface area contributed by atoms with Crippen LogP contribution in [0, 0.1) is 23.2 Å². The van der Waals surface area contributed by atoms with Gasteiger partial charge in [-0.05, 0) is 129 Å². The highest BCUT2D eigenvalue weighted by molar-refractivity contribution is 7.22. The second kappa shape index (κ2) is 19.2. The van der Waals surface area contributed by atoms with E-state index in [0.29, 0.717) is 73.4 Å². The number of nitrogens with one attached hydrogen (secondary N) is 2. The quantitative estimate of drug-likeness (QED) is 0.0573. The number of aliphatic hydroxyl groups is 4. The lowest BCUT2D eigenvalue weighted by Crippen LogP contribution is -2.64. The number of carboxylic acid groups (broad SMARTS) is 1. The fraction of sp³-hybridized carbons (Fsp3) is 0.528. The van der Waals surface area contributed by atoms with E-state index >= 15 is 0 Å². The molecule has 2 aliphatic heterocycles. The van der Waals surface area contributed by atoms with Crippen molar-refractivity contribution in [3.05, 3.63) is 101 Å². The number of pyridine rings is 1. The molecule has 4 aromatic heterocycles. The second-order valence-electron chi connectivity index (χ2n) is 22.2. The van der Waals surface area contributed by atoms with Crippen LogP contribution in [0.4, 0.5) is 10.9 Å². The zero-order valence-corrected chi connectivity index (χ0v) is 42.2. The molecule has 6 aromatic rings. The van der Waals surface area contributed by atoms with Crippen molar-refractivity contribution in [2.45, 2.75) is 128 Å². The number of carbonyl (C=O) groups excluding carboxylic acids is 1. The predicted molar refractivity (Wildman–Crippen MR) is 271 cm³/mol. The highest BCUT2D eigenvalue weighted by Gasteiger charge is 2.66. The fourth-order valence-corrected chi connectivity index (χ4v) is 15.0. The van der Waals surface area contributed by atoms with Gasteiger partial charge in [0.1, 0.15) is 30.2 Å². The number of aryl methyl sites for hydroxylation is 1. The number of anilines is 2. The zero-order valence-electron chi connectivity index (χ0n) is 41.4. The molecule has 0 radical (unpaired) electrons. The molecule has 7 atom stereocenters. The molecule has 4 aliphatic carbocycles. The first-order valence-corrected chi connectivity index (χ1v) is 26.2. The van der Waals surface area contributed by atoms with Gasteiger partial charge in [-0.3, -0.25) is 14.8 Å². The summed E-state index contributed by atoms with van der Waals surface area (Å²) in [5.41, 5.74) is 6.11. The molecule has 4 saturated carbocycles. The SMILES string of the molecule is Cc1c(-c2ccc(N3CCc4cccc(C(=O)Nc5nc6ccccc6s5)c4C3)nc2C(=O)O)cnn1CC12CC3(C)CC(C)(C1)CC(OCCNCCCc1cn([C@@H]4O[C@H](CO)[C@@H](O)[C@H](O)[C@H]4O)nn1)(C3)C2. The maximum absolute atomic E-state index is 13.7. The second-order valence-corrected chi connectivity index (χ2v) is 23.2. The van der Waals surface area contributed by atoms with Crippen molar-refractivity contribution >= 4 is 44.4 Å². The predicted octanol–water partition coefficient (Wildman–Crippen LogP) is 5.30. The average molecular weight is 1020 g/mol. The first kappa shape index (κ1) is 49.5. The van der Waals surface area contributed by atoms with E-state index in [0.717, 1.165) is 84.1 Å². The van der Waals surface area contributed by atoms with Gasteiger partial charge < -0.3 is 45.2 Å². The van der Waals surface area contributed by atoms with Gasteiger partial charge in [0.05, 0.1) is 47.1 Å². The van der Waals surface area contributed by atoms with E-state index in [1.54, 1.807) is 12.4 Å². The highest BCUT2D eigenvalue weighted by atomic mass is 32.1. The van der Waals surface area contributed by atoms with Crippen molar-refractivity contribution < 1.29 is 44.6 Å². The van der Waals surface area contributed by atoms with Crippen LogP contribution in [0.5, 0.6) is 0 Å². The number of para-hydroxylation sites is 1. The van der Waals surface area contributed by atoms with Crippen LogP contribution in [0.25, 0.3) is 21.3 Å². The molecular weight excluding hydrogens is 953 g/mol. The third-order valence-electron chi connectivity index (χ3n) is 16.1. The van der Waals surface area contributed by atoms with E-state index in [1.807, 2.05) is 66.4 Å². The minimum atomic E-state index is -1.49. The molecule has 2 unspecified atom stereocenters. The molecule has 386 valence electrons.